The van der Waals surface area contributed by atoms with Gasteiger partial charge in [0.2, 0.25) is 0 Å². The molecule has 2 N–H and O–H groups in total. The zero-order valence-electron chi connectivity index (χ0n) is 7.41. The zero-order valence-corrected chi connectivity index (χ0v) is 8.23. The van der Waals surface area contributed by atoms with Gasteiger partial charge in [-0.05, 0) is 0 Å². The lowest BCUT2D eigenvalue weighted by Gasteiger charge is -2.31. The van der Waals surface area contributed by atoms with Crippen LogP contribution in [-0.4, -0.2) is 44.7 Å². The summed E-state index contributed by atoms with van der Waals surface area (Å²) in [6, 6.07) is 0. The monoisotopic (exact) mass is 206 g/mol. The van der Waals surface area contributed by atoms with Crippen LogP contribution in [0.25, 0.3) is 0 Å². The molecular formula is C8H15ClN2O2. The highest BCUT2D eigenvalue weighted by Gasteiger charge is 2.32. The Balaban J connectivity index is 0.000000845. The third-order valence-corrected chi connectivity index (χ3v) is 2.43. The quantitative estimate of drug-likeness (QED) is 0.621. The molecule has 0 bridgehead atoms. The lowest BCUT2D eigenvalue weighted by Crippen LogP contribution is -2.54. The molecule has 0 amide bonds. The molecule has 76 valence electrons. The number of morpholine rings is 1. The Kier molecular flexibility index (Phi) is 4.12. The van der Waals surface area contributed by atoms with Crippen LogP contribution in [-0.2, 0) is 9.53 Å². The first-order valence-electron chi connectivity index (χ1n) is 4.44. The number of hydrogen-bond donors (Lipinski definition) is 2. The Morgan fingerprint density at radius 1 is 1.23 bits per heavy atom. The highest BCUT2D eigenvalue weighted by Crippen LogP contribution is 2.10. The van der Waals surface area contributed by atoms with E-state index in [1.54, 1.807) is 0 Å². The first kappa shape index (κ1) is 10.9. The van der Waals surface area contributed by atoms with Crippen LogP contribution in [0.4, 0.5) is 0 Å². The molecule has 0 aromatic heterocycles. The maximum absolute atomic E-state index is 11.6. The number of ketones is 1. The van der Waals surface area contributed by atoms with E-state index in [1.165, 1.54) is 0 Å². The summed E-state index contributed by atoms with van der Waals surface area (Å²) in [5.41, 5.74) is 0. The second-order valence-electron chi connectivity index (χ2n) is 3.32. The number of hydrogen-bond acceptors (Lipinski definition) is 4. The maximum Gasteiger partial charge on any atom is 0.168 e. The number of Topliss-reactive ketones (excluding diaryl/α,β-unsaturated/α-hetero) is 1. The summed E-state index contributed by atoms with van der Waals surface area (Å²) in [5, 5.41) is 6.24. The van der Waals surface area contributed by atoms with Crippen LogP contribution in [0.5, 0.6) is 0 Å². The van der Waals surface area contributed by atoms with Crippen molar-refractivity contribution in [2.75, 3.05) is 32.8 Å². The molecule has 0 aromatic rings. The molecule has 2 fully saturated rings. The summed E-state index contributed by atoms with van der Waals surface area (Å²) >= 11 is 0. The summed E-state index contributed by atoms with van der Waals surface area (Å²) in [4.78, 5) is 11.6. The van der Waals surface area contributed by atoms with Crippen molar-refractivity contribution in [2.24, 2.45) is 5.92 Å². The third kappa shape index (κ3) is 2.40. The standard InChI is InChI=1S/C8H14N2O2.ClH/c11-8(6-3-10-4-6)7-5-9-1-2-12-7;/h6-7,9-10H,1-5H2;1H. The van der Waals surface area contributed by atoms with E-state index < -0.39 is 0 Å². The Morgan fingerprint density at radius 3 is 2.46 bits per heavy atom. The van der Waals surface area contributed by atoms with Gasteiger partial charge in [-0.3, -0.25) is 4.79 Å². The normalized spacial score (nSPS) is 28.8. The average Bonchev–Trinajstić information content (AvgIpc) is 2.03. The number of rotatable bonds is 2. The van der Waals surface area contributed by atoms with Crippen LogP contribution in [0.2, 0.25) is 0 Å². The van der Waals surface area contributed by atoms with Crippen molar-refractivity contribution in [1.82, 2.24) is 10.6 Å². The zero-order chi connectivity index (χ0) is 8.39. The van der Waals surface area contributed by atoms with Crippen molar-refractivity contribution in [3.05, 3.63) is 0 Å². The highest BCUT2D eigenvalue weighted by atomic mass is 35.5. The van der Waals surface area contributed by atoms with Gasteiger partial charge in [-0.15, -0.1) is 12.4 Å². The smallest absolute Gasteiger partial charge is 0.168 e. The second-order valence-corrected chi connectivity index (χ2v) is 3.32. The van der Waals surface area contributed by atoms with Gasteiger partial charge >= 0.3 is 0 Å². The van der Waals surface area contributed by atoms with Crippen molar-refractivity contribution >= 4 is 18.2 Å². The molecule has 0 aliphatic carbocycles. The third-order valence-electron chi connectivity index (χ3n) is 2.43. The summed E-state index contributed by atoms with van der Waals surface area (Å²) < 4.78 is 5.36. The van der Waals surface area contributed by atoms with Gasteiger partial charge in [0.15, 0.2) is 5.78 Å². The van der Waals surface area contributed by atoms with E-state index in [1.807, 2.05) is 0 Å². The predicted octanol–water partition coefficient (Wildman–Crippen LogP) is -0.815. The van der Waals surface area contributed by atoms with Crippen LogP contribution in [0.15, 0.2) is 0 Å². The van der Waals surface area contributed by atoms with Gasteiger partial charge in [-0.25, -0.2) is 0 Å². The maximum atomic E-state index is 11.6. The van der Waals surface area contributed by atoms with Gasteiger partial charge in [0.1, 0.15) is 6.10 Å². The fourth-order valence-corrected chi connectivity index (χ4v) is 1.50. The molecule has 0 spiro atoms. The lowest BCUT2D eigenvalue weighted by atomic mass is 9.94. The molecule has 13 heavy (non-hydrogen) atoms. The summed E-state index contributed by atoms with van der Waals surface area (Å²) in [5.74, 6) is 0.468. The number of halogens is 1. The lowest BCUT2D eigenvalue weighted by molar-refractivity contribution is -0.137. The Labute approximate surface area is 83.8 Å². The van der Waals surface area contributed by atoms with Gasteiger partial charge in [-0.1, -0.05) is 0 Å². The fourth-order valence-electron chi connectivity index (χ4n) is 1.50. The van der Waals surface area contributed by atoms with E-state index in [2.05, 4.69) is 10.6 Å². The van der Waals surface area contributed by atoms with Crippen molar-refractivity contribution in [3.63, 3.8) is 0 Å². The van der Waals surface area contributed by atoms with Gasteiger partial charge in [0.05, 0.1) is 6.61 Å². The predicted molar refractivity (Wildman–Crippen MR) is 51.2 cm³/mol. The van der Waals surface area contributed by atoms with Crippen molar-refractivity contribution in [2.45, 2.75) is 6.10 Å². The topological polar surface area (TPSA) is 50.4 Å². The van der Waals surface area contributed by atoms with E-state index in [-0.39, 0.29) is 30.2 Å². The fraction of sp³-hybridized carbons (Fsp3) is 0.875. The number of carbonyl (C=O) groups is 1. The van der Waals surface area contributed by atoms with E-state index in [4.69, 9.17) is 4.74 Å². The molecule has 2 aliphatic rings. The van der Waals surface area contributed by atoms with Crippen LogP contribution in [0, 0.1) is 5.92 Å². The molecule has 2 aliphatic heterocycles. The summed E-state index contributed by atoms with van der Waals surface area (Å²) in [6.45, 7) is 3.88. The van der Waals surface area contributed by atoms with Crippen molar-refractivity contribution in [3.8, 4) is 0 Å². The highest BCUT2D eigenvalue weighted by molar-refractivity contribution is 5.87. The van der Waals surface area contributed by atoms with Crippen molar-refractivity contribution in [1.29, 1.82) is 0 Å². The van der Waals surface area contributed by atoms with E-state index in [0.29, 0.717) is 13.2 Å². The van der Waals surface area contributed by atoms with Crippen LogP contribution in [0.1, 0.15) is 0 Å². The Bertz CT molecular complexity index is 179. The van der Waals surface area contributed by atoms with E-state index in [0.717, 1.165) is 19.6 Å². The SMILES string of the molecule is Cl.O=C(C1CNC1)C1CNCCO1. The van der Waals surface area contributed by atoms with Crippen LogP contribution >= 0.6 is 12.4 Å². The largest absolute Gasteiger partial charge is 0.368 e. The molecule has 5 heteroatoms. The minimum absolute atomic E-state index is 0. The Hall–Kier alpha value is -0.160. The first-order valence-corrected chi connectivity index (χ1v) is 4.44. The van der Waals surface area contributed by atoms with E-state index in [9.17, 15) is 4.79 Å². The summed E-state index contributed by atoms with van der Waals surface area (Å²) in [7, 11) is 0. The van der Waals surface area contributed by atoms with Crippen LogP contribution in [0.3, 0.4) is 0 Å². The number of nitrogens with one attached hydrogen (secondary N) is 2. The second kappa shape index (κ2) is 4.91. The number of carbonyl (C=O) groups excluding carboxylic acids is 1. The minimum Gasteiger partial charge on any atom is -0.368 e. The molecule has 1 unspecified atom stereocenters. The molecule has 0 aromatic carbocycles. The van der Waals surface area contributed by atoms with Gasteiger partial charge in [-0.2, -0.15) is 0 Å². The molecule has 2 saturated heterocycles. The molecule has 0 saturated carbocycles. The molecule has 2 heterocycles. The summed E-state index contributed by atoms with van der Waals surface area (Å²) in [6.07, 6.45) is -0.189. The Morgan fingerprint density at radius 2 is 2.00 bits per heavy atom. The molecule has 4 nitrogen and oxygen atoms in total. The molecule has 0 radical (unpaired) electrons. The van der Waals surface area contributed by atoms with Crippen molar-refractivity contribution < 1.29 is 9.53 Å². The molecular weight excluding hydrogens is 192 g/mol. The average molecular weight is 207 g/mol. The molecule has 1 atom stereocenters. The van der Waals surface area contributed by atoms with E-state index >= 15 is 0 Å². The molecule has 2 rings (SSSR count). The van der Waals surface area contributed by atoms with Crippen LogP contribution < -0.4 is 10.6 Å². The van der Waals surface area contributed by atoms with Gasteiger partial charge in [0.25, 0.3) is 0 Å². The van der Waals surface area contributed by atoms with Gasteiger partial charge in [0, 0.05) is 32.1 Å². The minimum atomic E-state index is -0.189. The number of ether oxygens (including phenoxy) is 1. The first-order chi connectivity index (χ1) is 5.88. The van der Waals surface area contributed by atoms with Gasteiger partial charge < -0.3 is 15.4 Å².